The SMILES string of the molecule is NC(=O)CNc1ccc(S(N)(=O)=O)cc1. The molecule has 0 unspecified atom stereocenters. The molecule has 82 valence electrons. The molecule has 0 radical (unpaired) electrons. The third kappa shape index (κ3) is 3.56. The molecule has 7 heteroatoms. The van der Waals surface area contributed by atoms with Gasteiger partial charge in [-0.3, -0.25) is 4.79 Å². The number of hydrogen-bond donors (Lipinski definition) is 3. The van der Waals surface area contributed by atoms with Crippen molar-refractivity contribution < 1.29 is 13.2 Å². The molecule has 0 fully saturated rings. The van der Waals surface area contributed by atoms with E-state index in [0.29, 0.717) is 5.69 Å². The molecule has 0 atom stereocenters. The Kier molecular flexibility index (Phi) is 3.28. The number of hydrogen-bond acceptors (Lipinski definition) is 4. The van der Waals surface area contributed by atoms with Gasteiger partial charge < -0.3 is 11.1 Å². The van der Waals surface area contributed by atoms with Gasteiger partial charge in [0.15, 0.2) is 0 Å². The number of nitrogens with two attached hydrogens (primary N) is 2. The second-order valence-electron chi connectivity index (χ2n) is 2.89. The van der Waals surface area contributed by atoms with E-state index in [9.17, 15) is 13.2 Å². The van der Waals surface area contributed by atoms with Gasteiger partial charge in [-0.15, -0.1) is 0 Å². The number of primary amides is 1. The van der Waals surface area contributed by atoms with E-state index in [4.69, 9.17) is 10.9 Å². The fraction of sp³-hybridized carbons (Fsp3) is 0.125. The van der Waals surface area contributed by atoms with Crippen LogP contribution in [-0.2, 0) is 14.8 Å². The van der Waals surface area contributed by atoms with Gasteiger partial charge in [0, 0.05) is 5.69 Å². The lowest BCUT2D eigenvalue weighted by atomic mass is 10.3. The van der Waals surface area contributed by atoms with Crippen LogP contribution in [0.2, 0.25) is 0 Å². The summed E-state index contributed by atoms with van der Waals surface area (Å²) < 4.78 is 21.8. The van der Waals surface area contributed by atoms with E-state index in [1.807, 2.05) is 0 Å². The van der Waals surface area contributed by atoms with Crippen LogP contribution in [0.4, 0.5) is 5.69 Å². The largest absolute Gasteiger partial charge is 0.376 e. The Hall–Kier alpha value is -1.60. The van der Waals surface area contributed by atoms with Gasteiger partial charge in [-0.2, -0.15) is 0 Å². The number of nitrogens with one attached hydrogen (secondary N) is 1. The molecule has 1 aromatic carbocycles. The second kappa shape index (κ2) is 4.28. The quantitative estimate of drug-likeness (QED) is 0.628. The van der Waals surface area contributed by atoms with Crippen molar-refractivity contribution in [1.29, 1.82) is 0 Å². The van der Waals surface area contributed by atoms with Gasteiger partial charge in [0.1, 0.15) is 0 Å². The van der Waals surface area contributed by atoms with Crippen LogP contribution in [0.1, 0.15) is 0 Å². The highest BCUT2D eigenvalue weighted by atomic mass is 32.2. The highest BCUT2D eigenvalue weighted by Crippen LogP contribution is 2.11. The van der Waals surface area contributed by atoms with Crippen molar-refractivity contribution in [3.8, 4) is 0 Å². The van der Waals surface area contributed by atoms with Gasteiger partial charge in [0.05, 0.1) is 11.4 Å². The number of sulfonamides is 1. The summed E-state index contributed by atoms with van der Waals surface area (Å²) in [7, 11) is -3.67. The minimum absolute atomic E-state index is 0.00524. The molecule has 5 N–H and O–H groups in total. The summed E-state index contributed by atoms with van der Waals surface area (Å²) in [6.45, 7) is -0.00524. The Morgan fingerprint density at radius 3 is 2.20 bits per heavy atom. The Bertz CT molecular complexity index is 453. The van der Waals surface area contributed by atoms with Gasteiger partial charge in [0.2, 0.25) is 15.9 Å². The lowest BCUT2D eigenvalue weighted by Crippen LogP contribution is -2.21. The summed E-state index contributed by atoms with van der Waals surface area (Å²) in [6.07, 6.45) is 0. The van der Waals surface area contributed by atoms with Crippen molar-refractivity contribution in [2.75, 3.05) is 11.9 Å². The van der Waals surface area contributed by atoms with Gasteiger partial charge in [-0.1, -0.05) is 0 Å². The van der Waals surface area contributed by atoms with E-state index >= 15 is 0 Å². The standard InChI is InChI=1S/C8H11N3O3S/c9-8(12)5-11-6-1-3-7(4-2-6)15(10,13)14/h1-4,11H,5H2,(H2,9,12)(H2,10,13,14). The number of carbonyl (C=O) groups is 1. The normalized spacial score (nSPS) is 11.0. The summed E-state index contributed by atoms with van der Waals surface area (Å²) >= 11 is 0. The maximum atomic E-state index is 10.9. The first-order valence-corrected chi connectivity index (χ1v) is 5.59. The number of amides is 1. The fourth-order valence-electron chi connectivity index (χ4n) is 0.952. The molecular formula is C8H11N3O3S. The van der Waals surface area contributed by atoms with E-state index in [-0.39, 0.29) is 11.4 Å². The Morgan fingerprint density at radius 1 is 1.27 bits per heavy atom. The first-order chi connectivity index (χ1) is 6.89. The molecule has 0 saturated carbocycles. The predicted octanol–water partition coefficient (Wildman–Crippen LogP) is -0.769. The number of carbonyl (C=O) groups excluding carboxylic acids is 1. The lowest BCUT2D eigenvalue weighted by Gasteiger charge is -2.04. The molecule has 1 aromatic rings. The molecule has 1 rings (SSSR count). The Balaban J connectivity index is 2.77. The van der Waals surface area contributed by atoms with Crippen molar-refractivity contribution in [2.45, 2.75) is 4.90 Å². The van der Waals surface area contributed by atoms with Crippen molar-refractivity contribution in [3.05, 3.63) is 24.3 Å². The third-order valence-corrected chi connectivity index (χ3v) is 2.58. The van der Waals surface area contributed by atoms with E-state index in [1.165, 1.54) is 24.3 Å². The van der Waals surface area contributed by atoms with E-state index in [1.54, 1.807) is 0 Å². The molecule has 0 saturated heterocycles. The molecule has 6 nitrogen and oxygen atoms in total. The average molecular weight is 229 g/mol. The highest BCUT2D eigenvalue weighted by Gasteiger charge is 2.06. The Labute approximate surface area is 87.3 Å². The van der Waals surface area contributed by atoms with Crippen LogP contribution >= 0.6 is 0 Å². The zero-order valence-electron chi connectivity index (χ0n) is 7.80. The smallest absolute Gasteiger partial charge is 0.238 e. The van der Waals surface area contributed by atoms with Crippen LogP contribution < -0.4 is 16.2 Å². The minimum atomic E-state index is -3.67. The first-order valence-electron chi connectivity index (χ1n) is 4.04. The van der Waals surface area contributed by atoms with Gasteiger partial charge in [-0.25, -0.2) is 13.6 Å². The van der Waals surface area contributed by atoms with Gasteiger partial charge in [0.25, 0.3) is 0 Å². The molecular weight excluding hydrogens is 218 g/mol. The van der Waals surface area contributed by atoms with Gasteiger partial charge in [-0.05, 0) is 24.3 Å². The lowest BCUT2D eigenvalue weighted by molar-refractivity contribution is -0.116. The first kappa shape index (κ1) is 11.5. The molecule has 0 aliphatic rings. The number of primary sulfonamides is 1. The molecule has 0 aliphatic carbocycles. The summed E-state index contributed by atoms with van der Waals surface area (Å²) in [5.41, 5.74) is 5.52. The average Bonchev–Trinajstić information content (AvgIpc) is 2.14. The Morgan fingerprint density at radius 2 is 1.80 bits per heavy atom. The zero-order valence-corrected chi connectivity index (χ0v) is 8.62. The minimum Gasteiger partial charge on any atom is -0.376 e. The van der Waals surface area contributed by atoms with Crippen LogP contribution in [0.5, 0.6) is 0 Å². The molecule has 0 spiro atoms. The molecule has 0 aliphatic heterocycles. The number of anilines is 1. The number of rotatable bonds is 4. The summed E-state index contributed by atoms with van der Waals surface area (Å²) in [6, 6.07) is 5.70. The third-order valence-electron chi connectivity index (χ3n) is 1.65. The zero-order chi connectivity index (χ0) is 11.5. The van der Waals surface area contributed by atoms with Crippen LogP contribution in [0, 0.1) is 0 Å². The fourth-order valence-corrected chi connectivity index (χ4v) is 1.47. The van der Waals surface area contributed by atoms with Crippen LogP contribution in [-0.4, -0.2) is 20.9 Å². The molecule has 1 amide bonds. The van der Waals surface area contributed by atoms with E-state index in [2.05, 4.69) is 5.32 Å². The van der Waals surface area contributed by atoms with E-state index in [0.717, 1.165) is 0 Å². The van der Waals surface area contributed by atoms with Crippen molar-refractivity contribution >= 4 is 21.6 Å². The topological polar surface area (TPSA) is 115 Å². The van der Waals surface area contributed by atoms with Crippen molar-refractivity contribution in [3.63, 3.8) is 0 Å². The van der Waals surface area contributed by atoms with Gasteiger partial charge >= 0.3 is 0 Å². The molecule has 0 heterocycles. The second-order valence-corrected chi connectivity index (χ2v) is 4.45. The van der Waals surface area contributed by atoms with Crippen LogP contribution in [0.25, 0.3) is 0 Å². The maximum Gasteiger partial charge on any atom is 0.238 e. The number of benzene rings is 1. The predicted molar refractivity (Wildman–Crippen MR) is 55.5 cm³/mol. The summed E-state index contributed by atoms with van der Waals surface area (Å²) in [5.74, 6) is -0.495. The highest BCUT2D eigenvalue weighted by molar-refractivity contribution is 7.89. The molecule has 0 aromatic heterocycles. The maximum absolute atomic E-state index is 10.9. The summed E-state index contributed by atoms with van der Waals surface area (Å²) in [5, 5.41) is 7.62. The van der Waals surface area contributed by atoms with Crippen molar-refractivity contribution in [1.82, 2.24) is 0 Å². The van der Waals surface area contributed by atoms with Crippen LogP contribution in [0.15, 0.2) is 29.2 Å². The van der Waals surface area contributed by atoms with Crippen LogP contribution in [0.3, 0.4) is 0 Å². The van der Waals surface area contributed by atoms with E-state index < -0.39 is 15.9 Å². The monoisotopic (exact) mass is 229 g/mol. The van der Waals surface area contributed by atoms with Crippen molar-refractivity contribution in [2.24, 2.45) is 10.9 Å². The molecule has 0 bridgehead atoms. The molecule has 15 heavy (non-hydrogen) atoms. The summed E-state index contributed by atoms with van der Waals surface area (Å²) in [4.78, 5) is 10.5.